The molecule has 0 bridgehead atoms. The summed E-state index contributed by atoms with van der Waals surface area (Å²) in [6.45, 7) is 5.37. The maximum absolute atomic E-state index is 12.1. The van der Waals surface area contributed by atoms with Crippen molar-refractivity contribution in [3.63, 3.8) is 0 Å². The lowest BCUT2D eigenvalue weighted by atomic mass is 10.0. The Hall–Kier alpha value is -2.84. The lowest BCUT2D eigenvalue weighted by Crippen LogP contribution is -2.28. The van der Waals surface area contributed by atoms with Gasteiger partial charge in [-0.2, -0.15) is 4.98 Å². The number of rotatable bonds is 3. The van der Waals surface area contributed by atoms with E-state index in [0.717, 1.165) is 0 Å². The van der Waals surface area contributed by atoms with Crippen molar-refractivity contribution in [1.29, 1.82) is 0 Å². The van der Waals surface area contributed by atoms with E-state index in [2.05, 4.69) is 9.97 Å². The van der Waals surface area contributed by atoms with Crippen molar-refractivity contribution in [3.05, 3.63) is 32.7 Å². The number of nitrogens with zero attached hydrogens (tertiary/aromatic N) is 4. The maximum Gasteiger partial charge on any atom is 0.329 e. The number of carboxylic acids is 1. The molecular weight excluding hydrogens is 302 g/mol. The number of aliphatic carboxylic acids is 1. The molecule has 0 saturated carbocycles. The Bertz CT molecular complexity index is 1050. The Kier molecular flexibility index (Phi) is 3.17. The zero-order valence-corrected chi connectivity index (χ0v) is 13.2. The number of fused-ring (bicyclic) bond motifs is 3. The Morgan fingerprint density at radius 1 is 1.35 bits per heavy atom. The molecule has 0 unspecified atom stereocenters. The quantitative estimate of drug-likeness (QED) is 0.719. The number of imidazole rings is 2. The van der Waals surface area contributed by atoms with Gasteiger partial charge in [-0.05, 0) is 12.8 Å². The van der Waals surface area contributed by atoms with E-state index in [-0.39, 0.29) is 17.1 Å². The Balaban J connectivity index is 2.49. The zero-order chi connectivity index (χ0) is 17.0. The van der Waals surface area contributed by atoms with Gasteiger partial charge >= 0.3 is 11.7 Å². The molecule has 0 aliphatic rings. The van der Waals surface area contributed by atoms with Gasteiger partial charge in [-0.3, -0.25) is 23.3 Å². The van der Waals surface area contributed by atoms with Gasteiger partial charge in [-0.25, -0.2) is 9.59 Å². The minimum Gasteiger partial charge on any atom is -0.480 e. The van der Waals surface area contributed by atoms with Gasteiger partial charge < -0.3 is 5.11 Å². The van der Waals surface area contributed by atoms with Gasteiger partial charge in [0.2, 0.25) is 5.78 Å². The lowest BCUT2D eigenvalue weighted by molar-refractivity contribution is -0.142. The topological polar surface area (TPSA) is 114 Å². The lowest BCUT2D eigenvalue weighted by Gasteiger charge is -2.19. The molecule has 2 N–H and O–H groups in total. The van der Waals surface area contributed by atoms with Crippen LogP contribution in [0.2, 0.25) is 0 Å². The zero-order valence-electron chi connectivity index (χ0n) is 13.2. The molecule has 0 fully saturated rings. The summed E-state index contributed by atoms with van der Waals surface area (Å²) in [5.74, 6) is -0.828. The first-order valence-electron chi connectivity index (χ1n) is 7.15. The summed E-state index contributed by atoms with van der Waals surface area (Å²) in [6.07, 6.45) is 1.66. The van der Waals surface area contributed by atoms with E-state index < -0.39 is 23.3 Å². The number of aromatic amines is 1. The van der Waals surface area contributed by atoms with E-state index in [1.54, 1.807) is 31.5 Å². The highest BCUT2D eigenvalue weighted by atomic mass is 16.4. The van der Waals surface area contributed by atoms with Gasteiger partial charge in [0, 0.05) is 18.9 Å². The van der Waals surface area contributed by atoms with Crippen LogP contribution in [0.4, 0.5) is 0 Å². The van der Waals surface area contributed by atoms with Crippen LogP contribution in [0.3, 0.4) is 0 Å². The van der Waals surface area contributed by atoms with Gasteiger partial charge in [-0.15, -0.1) is 0 Å². The third-order valence-electron chi connectivity index (χ3n) is 4.01. The standard InChI is InChI=1S/C14H17N5O4/c1-6(2)8(12(21)22)19-7(3)5-18-9-10(15-13(18)19)17(4)14(23)16-11(9)20/h5-6,8H,1-4H3,(H,21,22)(H,16,20,23)/t8-/m1/s1. The number of aryl methyl sites for hydroxylation is 2. The van der Waals surface area contributed by atoms with Crippen molar-refractivity contribution in [3.8, 4) is 0 Å². The molecule has 9 nitrogen and oxygen atoms in total. The number of carboxylic acid groups (broad SMARTS) is 1. The minimum absolute atomic E-state index is 0.177. The fraction of sp³-hybridized carbons (Fsp3) is 0.429. The number of aromatic nitrogens is 5. The largest absolute Gasteiger partial charge is 0.480 e. The third-order valence-corrected chi connectivity index (χ3v) is 4.01. The molecule has 1 atom stereocenters. The summed E-state index contributed by atoms with van der Waals surface area (Å²) in [6, 6.07) is -0.819. The normalized spacial score (nSPS) is 13.3. The predicted octanol–water partition coefficient (Wildman–Crippen LogP) is 0.266. The highest BCUT2D eigenvalue weighted by Crippen LogP contribution is 2.25. The van der Waals surface area contributed by atoms with Gasteiger partial charge in [0.25, 0.3) is 5.56 Å². The molecule has 0 spiro atoms. The summed E-state index contributed by atoms with van der Waals surface area (Å²) in [5.41, 5.74) is -0.00895. The summed E-state index contributed by atoms with van der Waals surface area (Å²) in [4.78, 5) is 42.1. The molecule has 0 amide bonds. The van der Waals surface area contributed by atoms with Gasteiger partial charge in [-0.1, -0.05) is 13.8 Å². The first-order chi connectivity index (χ1) is 10.7. The van der Waals surface area contributed by atoms with E-state index in [4.69, 9.17) is 0 Å². The molecule has 122 valence electrons. The van der Waals surface area contributed by atoms with Crippen molar-refractivity contribution in [2.45, 2.75) is 26.8 Å². The molecule has 3 aromatic rings. The molecule has 3 aromatic heterocycles. The summed E-state index contributed by atoms with van der Waals surface area (Å²) >= 11 is 0. The van der Waals surface area contributed by atoms with Gasteiger partial charge in [0.15, 0.2) is 11.2 Å². The number of H-pyrrole nitrogens is 1. The average Bonchev–Trinajstić information content (AvgIpc) is 2.93. The van der Waals surface area contributed by atoms with E-state index in [1.807, 2.05) is 0 Å². The van der Waals surface area contributed by atoms with Crippen LogP contribution < -0.4 is 11.2 Å². The fourth-order valence-corrected chi connectivity index (χ4v) is 2.93. The van der Waals surface area contributed by atoms with Crippen LogP contribution in [0.25, 0.3) is 16.9 Å². The van der Waals surface area contributed by atoms with E-state index in [9.17, 15) is 19.5 Å². The Morgan fingerprint density at radius 2 is 2.00 bits per heavy atom. The highest BCUT2D eigenvalue weighted by Gasteiger charge is 2.28. The number of hydrogen-bond donors (Lipinski definition) is 2. The molecule has 0 radical (unpaired) electrons. The van der Waals surface area contributed by atoms with Crippen LogP contribution in [-0.2, 0) is 11.8 Å². The van der Waals surface area contributed by atoms with Crippen molar-refractivity contribution in [2.75, 3.05) is 0 Å². The number of nitrogens with one attached hydrogen (secondary N) is 1. The second-order valence-electron chi connectivity index (χ2n) is 5.94. The van der Waals surface area contributed by atoms with Crippen LogP contribution >= 0.6 is 0 Å². The third kappa shape index (κ3) is 2.00. The van der Waals surface area contributed by atoms with Crippen molar-refractivity contribution < 1.29 is 9.90 Å². The molecule has 9 heteroatoms. The Morgan fingerprint density at radius 3 is 2.57 bits per heavy atom. The van der Waals surface area contributed by atoms with Crippen molar-refractivity contribution in [2.24, 2.45) is 13.0 Å². The highest BCUT2D eigenvalue weighted by molar-refractivity contribution is 5.78. The monoisotopic (exact) mass is 319 g/mol. The first kappa shape index (κ1) is 15.1. The molecule has 0 saturated heterocycles. The van der Waals surface area contributed by atoms with Crippen LogP contribution in [0.15, 0.2) is 15.8 Å². The molecular formula is C14H17N5O4. The summed E-state index contributed by atoms with van der Waals surface area (Å²) in [5, 5.41) is 9.55. The minimum atomic E-state index is -0.976. The smallest absolute Gasteiger partial charge is 0.329 e. The van der Waals surface area contributed by atoms with Crippen LogP contribution in [0.1, 0.15) is 25.6 Å². The molecule has 23 heavy (non-hydrogen) atoms. The first-order valence-corrected chi connectivity index (χ1v) is 7.15. The predicted molar refractivity (Wildman–Crippen MR) is 82.8 cm³/mol. The van der Waals surface area contributed by atoms with Gasteiger partial charge in [0.1, 0.15) is 6.04 Å². The average molecular weight is 319 g/mol. The number of carbonyl (C=O) groups is 1. The van der Waals surface area contributed by atoms with Crippen molar-refractivity contribution in [1.82, 2.24) is 23.5 Å². The molecule has 0 aromatic carbocycles. The molecule has 3 rings (SSSR count). The second kappa shape index (κ2) is 4.83. The van der Waals surface area contributed by atoms with Crippen molar-refractivity contribution >= 4 is 22.9 Å². The van der Waals surface area contributed by atoms with Gasteiger partial charge in [0.05, 0.1) is 0 Å². The van der Waals surface area contributed by atoms with Crippen LogP contribution in [0.5, 0.6) is 0 Å². The molecule has 0 aliphatic heterocycles. The van der Waals surface area contributed by atoms with Crippen LogP contribution in [-0.4, -0.2) is 34.6 Å². The van der Waals surface area contributed by atoms with Crippen LogP contribution in [0, 0.1) is 12.8 Å². The SMILES string of the molecule is Cc1cn2c3c(=O)[nH]c(=O)n(C)c3nc2n1[C@@H](C(=O)O)C(C)C. The Labute approximate surface area is 129 Å². The molecule has 0 aliphatic carbocycles. The second-order valence-corrected chi connectivity index (χ2v) is 5.94. The maximum atomic E-state index is 12.1. The fourth-order valence-electron chi connectivity index (χ4n) is 2.93. The summed E-state index contributed by atoms with van der Waals surface area (Å²) < 4.78 is 4.34. The summed E-state index contributed by atoms with van der Waals surface area (Å²) in [7, 11) is 1.50. The van der Waals surface area contributed by atoms with E-state index >= 15 is 0 Å². The van der Waals surface area contributed by atoms with E-state index in [0.29, 0.717) is 11.5 Å². The number of hydrogen-bond acceptors (Lipinski definition) is 4. The molecule has 3 heterocycles. The van der Waals surface area contributed by atoms with E-state index in [1.165, 1.54) is 16.0 Å².